The van der Waals surface area contributed by atoms with Gasteiger partial charge in [0.1, 0.15) is 17.1 Å². The summed E-state index contributed by atoms with van der Waals surface area (Å²) < 4.78 is 24.9. The molecule has 1 heterocycles. The maximum Gasteiger partial charge on any atom is 0.344 e. The molecule has 2 N–H and O–H groups in total. The third-order valence-electron chi connectivity index (χ3n) is 6.93. The molecule has 1 amide bonds. The van der Waals surface area contributed by atoms with Crippen LogP contribution in [0, 0.1) is 5.82 Å². The third-order valence-corrected chi connectivity index (χ3v) is 6.93. The van der Waals surface area contributed by atoms with Gasteiger partial charge >= 0.3 is 11.6 Å². The topological polar surface area (TPSA) is 106 Å². The SMILES string of the molecule is CCCCCCCCCCCCCC(=O)Nc1cc(F)ccc1-c1cc(=O)oc2cc(O[C@H](C)C(=O)O)ccc12. The summed E-state index contributed by atoms with van der Waals surface area (Å²) in [5.74, 6) is -1.63. The van der Waals surface area contributed by atoms with Gasteiger partial charge in [0, 0.05) is 35.1 Å². The first kappa shape index (κ1) is 30.9. The average Bonchev–Trinajstić information content (AvgIpc) is 2.91. The van der Waals surface area contributed by atoms with Crippen molar-refractivity contribution in [3.63, 3.8) is 0 Å². The summed E-state index contributed by atoms with van der Waals surface area (Å²) in [5, 5.41) is 12.4. The van der Waals surface area contributed by atoms with Gasteiger partial charge < -0.3 is 19.6 Å². The second-order valence-electron chi connectivity index (χ2n) is 10.3. The molecule has 7 nitrogen and oxygen atoms in total. The minimum atomic E-state index is -1.13. The lowest BCUT2D eigenvalue weighted by molar-refractivity contribution is -0.144. The molecule has 0 aliphatic heterocycles. The molecule has 0 fully saturated rings. The summed E-state index contributed by atoms with van der Waals surface area (Å²) in [6, 6.07) is 9.94. The maximum absolute atomic E-state index is 14.2. The summed E-state index contributed by atoms with van der Waals surface area (Å²) >= 11 is 0. The van der Waals surface area contributed by atoms with Gasteiger partial charge in [-0.3, -0.25) is 4.79 Å². The number of nitrogens with one attached hydrogen (secondary N) is 1. The highest BCUT2D eigenvalue weighted by Gasteiger charge is 2.17. The molecule has 0 saturated carbocycles. The largest absolute Gasteiger partial charge is 0.479 e. The number of amides is 1. The predicted octanol–water partition coefficient (Wildman–Crippen LogP) is 8.09. The zero-order chi connectivity index (χ0) is 28.9. The normalized spacial score (nSPS) is 11.9. The molecule has 0 spiro atoms. The fourth-order valence-corrected chi connectivity index (χ4v) is 4.71. The zero-order valence-corrected chi connectivity index (χ0v) is 23.5. The average molecular weight is 554 g/mol. The molecule has 1 atom stereocenters. The van der Waals surface area contributed by atoms with Gasteiger partial charge in [-0.25, -0.2) is 14.0 Å². The van der Waals surface area contributed by atoms with Gasteiger partial charge in [-0.2, -0.15) is 0 Å². The molecule has 0 aliphatic rings. The molecule has 0 unspecified atom stereocenters. The van der Waals surface area contributed by atoms with E-state index in [2.05, 4.69) is 12.2 Å². The molecule has 40 heavy (non-hydrogen) atoms. The van der Waals surface area contributed by atoms with Crippen LogP contribution in [0.25, 0.3) is 22.1 Å². The van der Waals surface area contributed by atoms with E-state index in [-0.39, 0.29) is 22.9 Å². The Bertz CT molecular complexity index is 1330. The van der Waals surface area contributed by atoms with E-state index in [9.17, 15) is 18.8 Å². The lowest BCUT2D eigenvalue weighted by Gasteiger charge is -2.14. The van der Waals surface area contributed by atoms with E-state index >= 15 is 0 Å². The van der Waals surface area contributed by atoms with E-state index in [0.29, 0.717) is 22.9 Å². The third kappa shape index (κ3) is 9.50. The number of hydrogen-bond acceptors (Lipinski definition) is 5. The number of benzene rings is 2. The lowest BCUT2D eigenvalue weighted by Crippen LogP contribution is -2.22. The second-order valence-corrected chi connectivity index (χ2v) is 10.3. The highest BCUT2D eigenvalue weighted by atomic mass is 19.1. The molecular weight excluding hydrogens is 513 g/mol. The van der Waals surface area contributed by atoms with Crippen molar-refractivity contribution >= 4 is 28.5 Å². The van der Waals surface area contributed by atoms with Gasteiger partial charge in [0.15, 0.2) is 6.10 Å². The van der Waals surface area contributed by atoms with E-state index in [1.165, 1.54) is 88.6 Å². The summed E-state index contributed by atoms with van der Waals surface area (Å²) in [5.41, 5.74) is 0.724. The first-order valence-electron chi connectivity index (χ1n) is 14.4. The molecule has 216 valence electrons. The summed E-state index contributed by atoms with van der Waals surface area (Å²) in [4.78, 5) is 36.2. The van der Waals surface area contributed by atoms with Crippen LogP contribution in [0.5, 0.6) is 5.75 Å². The number of carbonyl (C=O) groups excluding carboxylic acids is 1. The van der Waals surface area contributed by atoms with Gasteiger partial charge in [0.2, 0.25) is 5.91 Å². The number of hydrogen-bond donors (Lipinski definition) is 2. The monoisotopic (exact) mass is 553 g/mol. The van der Waals surface area contributed by atoms with Crippen LogP contribution in [0.2, 0.25) is 0 Å². The van der Waals surface area contributed by atoms with Crippen molar-refractivity contribution in [3.8, 4) is 16.9 Å². The van der Waals surface area contributed by atoms with Crippen LogP contribution < -0.4 is 15.7 Å². The van der Waals surface area contributed by atoms with Crippen molar-refractivity contribution in [2.45, 2.75) is 97.0 Å². The molecule has 8 heteroatoms. The fourth-order valence-electron chi connectivity index (χ4n) is 4.71. The molecule has 3 aromatic rings. The Morgan fingerprint density at radius 3 is 2.20 bits per heavy atom. The number of carbonyl (C=O) groups is 2. The van der Waals surface area contributed by atoms with Crippen LogP contribution in [0.3, 0.4) is 0 Å². The molecule has 0 aliphatic carbocycles. The molecule has 0 bridgehead atoms. The zero-order valence-electron chi connectivity index (χ0n) is 23.5. The second kappa shape index (κ2) is 15.8. The minimum Gasteiger partial charge on any atom is -0.479 e. The van der Waals surface area contributed by atoms with Crippen LogP contribution in [0.1, 0.15) is 90.9 Å². The van der Waals surface area contributed by atoms with Crippen molar-refractivity contribution in [1.82, 2.24) is 0 Å². The number of unbranched alkanes of at least 4 members (excludes halogenated alkanes) is 10. The Balaban J connectivity index is 1.62. The van der Waals surface area contributed by atoms with Gasteiger partial charge in [0.05, 0.1) is 5.69 Å². The number of carboxylic acids is 1. The standard InChI is InChI=1S/C32H40FNO6/c1-3-4-5-6-7-8-9-10-11-12-13-14-30(35)34-28-19-23(33)15-17-25(28)27-21-31(36)40-29-20-24(16-18-26(27)29)39-22(2)32(37)38/h15-22H,3-14H2,1-2H3,(H,34,35)(H,37,38)/t22-/m1/s1. The highest BCUT2D eigenvalue weighted by molar-refractivity contribution is 6.01. The van der Waals surface area contributed by atoms with Crippen molar-refractivity contribution in [2.75, 3.05) is 5.32 Å². The lowest BCUT2D eigenvalue weighted by atomic mass is 9.99. The minimum absolute atomic E-state index is 0.181. The highest BCUT2D eigenvalue weighted by Crippen LogP contribution is 2.35. The summed E-state index contributed by atoms with van der Waals surface area (Å²) in [6.07, 6.45) is 12.3. The van der Waals surface area contributed by atoms with Crippen molar-refractivity contribution < 1.29 is 28.2 Å². The molecular formula is C32H40FNO6. The Morgan fingerprint density at radius 1 is 0.900 bits per heavy atom. The Hall–Kier alpha value is -3.68. The molecule has 0 saturated heterocycles. The first-order valence-corrected chi connectivity index (χ1v) is 14.4. The first-order chi connectivity index (χ1) is 19.3. The quantitative estimate of drug-likeness (QED) is 0.129. The Morgan fingerprint density at radius 2 is 1.55 bits per heavy atom. The summed E-state index contributed by atoms with van der Waals surface area (Å²) in [7, 11) is 0. The van der Waals surface area contributed by atoms with E-state index in [1.807, 2.05) is 0 Å². The number of fused-ring (bicyclic) bond motifs is 1. The van der Waals surface area contributed by atoms with Crippen molar-refractivity contribution in [2.24, 2.45) is 0 Å². The number of ether oxygens (including phenoxy) is 1. The number of aliphatic carboxylic acids is 1. The van der Waals surface area contributed by atoms with E-state index in [1.54, 1.807) is 12.1 Å². The van der Waals surface area contributed by atoms with Crippen LogP contribution in [-0.2, 0) is 9.59 Å². The smallest absolute Gasteiger partial charge is 0.344 e. The van der Waals surface area contributed by atoms with Gasteiger partial charge in [-0.15, -0.1) is 0 Å². The van der Waals surface area contributed by atoms with Gasteiger partial charge in [-0.05, 0) is 43.7 Å². The molecule has 0 radical (unpaired) electrons. The van der Waals surface area contributed by atoms with Crippen molar-refractivity contribution in [3.05, 3.63) is 58.7 Å². The number of halogens is 1. The van der Waals surface area contributed by atoms with Gasteiger partial charge in [0.25, 0.3) is 0 Å². The van der Waals surface area contributed by atoms with Crippen molar-refractivity contribution in [1.29, 1.82) is 0 Å². The summed E-state index contributed by atoms with van der Waals surface area (Å²) in [6.45, 7) is 3.62. The van der Waals surface area contributed by atoms with E-state index < -0.39 is 23.5 Å². The Kier molecular flexibility index (Phi) is 12.2. The maximum atomic E-state index is 14.2. The van der Waals surface area contributed by atoms with Crippen LogP contribution in [0.15, 0.2) is 51.7 Å². The van der Waals surface area contributed by atoms with Crippen LogP contribution >= 0.6 is 0 Å². The fraction of sp³-hybridized carbons (Fsp3) is 0.469. The number of anilines is 1. The number of carboxylic acid groups (broad SMARTS) is 1. The Labute approximate surface area is 234 Å². The van der Waals surface area contributed by atoms with Crippen LogP contribution in [-0.4, -0.2) is 23.1 Å². The molecule has 1 aromatic heterocycles. The van der Waals surface area contributed by atoms with E-state index in [0.717, 1.165) is 19.3 Å². The van der Waals surface area contributed by atoms with Crippen LogP contribution in [0.4, 0.5) is 10.1 Å². The predicted molar refractivity (Wildman–Crippen MR) is 155 cm³/mol. The molecule has 2 aromatic carbocycles. The molecule has 3 rings (SSSR count). The van der Waals surface area contributed by atoms with Gasteiger partial charge in [-0.1, -0.05) is 71.1 Å². The number of rotatable bonds is 17. The van der Waals surface area contributed by atoms with E-state index in [4.69, 9.17) is 14.3 Å².